The van der Waals surface area contributed by atoms with Gasteiger partial charge in [-0.1, -0.05) is 50.3 Å². The van der Waals surface area contributed by atoms with Gasteiger partial charge in [0.05, 0.1) is 25.0 Å². The van der Waals surface area contributed by atoms with E-state index in [1.165, 1.54) is 56.1 Å². The first-order valence-corrected chi connectivity index (χ1v) is 14.8. The maximum atomic E-state index is 6.25. The van der Waals surface area contributed by atoms with E-state index in [0.717, 1.165) is 51.5 Å². The molecule has 5 heteroatoms. The molecule has 0 amide bonds. The predicted molar refractivity (Wildman–Crippen MR) is 150 cm³/mol. The molecule has 0 spiro atoms. The third-order valence-corrected chi connectivity index (χ3v) is 9.04. The Morgan fingerprint density at radius 3 is 2.39 bits per heavy atom. The van der Waals surface area contributed by atoms with Crippen molar-refractivity contribution in [3.63, 3.8) is 0 Å². The summed E-state index contributed by atoms with van der Waals surface area (Å²) in [6, 6.07) is 0.544. The molecular weight excluding hydrogens is 446 g/mol. The lowest BCUT2D eigenvalue weighted by molar-refractivity contribution is 0.0113. The molecule has 2 atom stereocenters. The van der Waals surface area contributed by atoms with Crippen LogP contribution in [0.5, 0.6) is 0 Å². The number of fused-ring (bicyclic) bond motifs is 1. The third-order valence-electron chi connectivity index (χ3n) is 9.04. The van der Waals surface area contributed by atoms with E-state index >= 15 is 0 Å². The van der Waals surface area contributed by atoms with Gasteiger partial charge in [0.25, 0.3) is 0 Å². The van der Waals surface area contributed by atoms with E-state index in [2.05, 4.69) is 65.8 Å². The molecule has 1 heterocycles. The van der Waals surface area contributed by atoms with Crippen molar-refractivity contribution < 1.29 is 9.47 Å². The summed E-state index contributed by atoms with van der Waals surface area (Å²) in [5.41, 5.74) is 2.84. The number of allylic oxidation sites excluding steroid dienone is 6. The Hall–Kier alpha value is -1.24. The van der Waals surface area contributed by atoms with Crippen molar-refractivity contribution in [2.75, 3.05) is 39.9 Å². The Morgan fingerprint density at radius 2 is 1.67 bits per heavy atom. The molecule has 2 saturated carbocycles. The van der Waals surface area contributed by atoms with Crippen LogP contribution in [0, 0.1) is 11.8 Å². The molecule has 1 aliphatic heterocycles. The zero-order chi connectivity index (χ0) is 25.2. The van der Waals surface area contributed by atoms with Crippen molar-refractivity contribution in [3.8, 4) is 0 Å². The Balaban J connectivity index is 1.32. The van der Waals surface area contributed by atoms with Crippen LogP contribution in [0.25, 0.3) is 0 Å². The summed E-state index contributed by atoms with van der Waals surface area (Å²) in [5.74, 6) is 1.47. The summed E-state index contributed by atoms with van der Waals surface area (Å²) in [5, 5.41) is 7.98. The molecule has 2 bridgehead atoms. The largest absolute Gasteiger partial charge is 0.381 e. The van der Waals surface area contributed by atoms with Gasteiger partial charge in [0.2, 0.25) is 0 Å². The van der Waals surface area contributed by atoms with Gasteiger partial charge in [-0.2, -0.15) is 0 Å². The summed E-state index contributed by atoms with van der Waals surface area (Å²) >= 11 is 0. The van der Waals surface area contributed by atoms with Crippen LogP contribution >= 0.6 is 0 Å². The maximum absolute atomic E-state index is 6.25. The average Bonchev–Trinajstić information content (AvgIpc) is 2.89. The zero-order valence-electron chi connectivity index (χ0n) is 23.1. The number of likely N-dealkylation sites (N-methyl/N-ethyl adjacent to an activating group) is 1. The molecule has 4 aliphatic rings. The molecule has 3 aliphatic carbocycles. The van der Waals surface area contributed by atoms with Crippen LogP contribution in [0.3, 0.4) is 0 Å². The fourth-order valence-corrected chi connectivity index (χ4v) is 6.59. The number of ether oxygens (including phenoxy) is 2. The van der Waals surface area contributed by atoms with Gasteiger partial charge < -0.3 is 14.4 Å². The molecule has 2 N–H and O–H groups in total. The van der Waals surface area contributed by atoms with E-state index in [1.807, 2.05) is 7.11 Å². The highest BCUT2D eigenvalue weighted by molar-refractivity contribution is 5.40. The van der Waals surface area contributed by atoms with Crippen molar-refractivity contribution in [1.29, 1.82) is 0 Å². The lowest BCUT2D eigenvalue weighted by Crippen LogP contribution is -2.52. The summed E-state index contributed by atoms with van der Waals surface area (Å²) < 4.78 is 11.9. The van der Waals surface area contributed by atoms with E-state index in [-0.39, 0.29) is 6.17 Å². The lowest BCUT2D eigenvalue weighted by Gasteiger charge is -2.38. The second-order valence-electron chi connectivity index (χ2n) is 11.2. The Labute approximate surface area is 220 Å². The van der Waals surface area contributed by atoms with Gasteiger partial charge in [0.1, 0.15) is 0 Å². The van der Waals surface area contributed by atoms with Gasteiger partial charge in [0.15, 0.2) is 0 Å². The number of methoxy groups -OCH3 is 1. The van der Waals surface area contributed by atoms with Gasteiger partial charge >= 0.3 is 0 Å². The molecule has 0 aromatic rings. The van der Waals surface area contributed by atoms with Crippen LogP contribution in [0.15, 0.2) is 47.6 Å². The fraction of sp³-hybridized carbons (Fsp3) is 0.742. The number of hydrogen-bond acceptors (Lipinski definition) is 5. The maximum Gasteiger partial charge on any atom is 0.0837 e. The summed E-state index contributed by atoms with van der Waals surface area (Å²) in [4.78, 5) is 2.44. The smallest absolute Gasteiger partial charge is 0.0837 e. The van der Waals surface area contributed by atoms with Crippen LogP contribution in [-0.2, 0) is 9.47 Å². The molecule has 202 valence electrons. The molecule has 2 unspecified atom stereocenters. The Kier molecular flexibility index (Phi) is 11.3. The molecule has 2 fully saturated rings. The van der Waals surface area contributed by atoms with Crippen molar-refractivity contribution in [2.24, 2.45) is 11.8 Å². The van der Waals surface area contributed by atoms with Crippen LogP contribution in [0.1, 0.15) is 71.6 Å². The van der Waals surface area contributed by atoms with Gasteiger partial charge in [-0.3, -0.25) is 10.6 Å². The molecular formula is C31H51N3O2. The first-order chi connectivity index (χ1) is 17.7. The third kappa shape index (κ3) is 8.13. The average molecular weight is 498 g/mol. The summed E-state index contributed by atoms with van der Waals surface area (Å²) in [7, 11) is 1.87. The van der Waals surface area contributed by atoms with E-state index in [1.54, 1.807) is 0 Å². The molecule has 0 aromatic heterocycles. The summed E-state index contributed by atoms with van der Waals surface area (Å²) in [6.07, 6.45) is 25.6. The SMILES string of the molecule is CCN(CC)CCOC1CCC(NC2NCC(C3CCC(OC)CC3)CC3=CC2=CC=CC=C3)CC1. The topological polar surface area (TPSA) is 45.8 Å². The van der Waals surface area contributed by atoms with E-state index in [4.69, 9.17) is 9.47 Å². The lowest BCUT2D eigenvalue weighted by atomic mass is 9.75. The van der Waals surface area contributed by atoms with Gasteiger partial charge in [-0.15, -0.1) is 0 Å². The van der Waals surface area contributed by atoms with E-state index in [0.29, 0.717) is 24.2 Å². The predicted octanol–water partition coefficient (Wildman–Crippen LogP) is 5.37. The fourth-order valence-electron chi connectivity index (χ4n) is 6.59. The minimum absolute atomic E-state index is 0.208. The molecule has 0 aromatic carbocycles. The van der Waals surface area contributed by atoms with Crippen molar-refractivity contribution >= 4 is 0 Å². The highest BCUT2D eigenvalue weighted by Crippen LogP contribution is 2.36. The Bertz CT molecular complexity index is 769. The van der Waals surface area contributed by atoms with Crippen LogP contribution in [-0.4, -0.2) is 69.2 Å². The monoisotopic (exact) mass is 497 g/mol. The Morgan fingerprint density at radius 1 is 0.917 bits per heavy atom. The molecule has 36 heavy (non-hydrogen) atoms. The van der Waals surface area contributed by atoms with Crippen molar-refractivity contribution in [1.82, 2.24) is 15.5 Å². The first-order valence-electron chi connectivity index (χ1n) is 14.8. The number of hydrogen-bond donors (Lipinski definition) is 2. The number of nitrogens with zero attached hydrogens (tertiary/aromatic N) is 1. The second kappa shape index (κ2) is 14.6. The molecule has 4 rings (SSSR count). The minimum atomic E-state index is 0.208. The van der Waals surface area contributed by atoms with E-state index in [9.17, 15) is 0 Å². The quantitative estimate of drug-likeness (QED) is 0.425. The molecule has 0 radical (unpaired) electrons. The van der Waals surface area contributed by atoms with Crippen LogP contribution in [0.4, 0.5) is 0 Å². The normalized spacial score (nSPS) is 33.3. The van der Waals surface area contributed by atoms with E-state index < -0.39 is 0 Å². The summed E-state index contributed by atoms with van der Waals surface area (Å²) in [6.45, 7) is 9.67. The van der Waals surface area contributed by atoms with Gasteiger partial charge in [-0.05, 0) is 93.9 Å². The zero-order valence-corrected chi connectivity index (χ0v) is 23.1. The minimum Gasteiger partial charge on any atom is -0.381 e. The van der Waals surface area contributed by atoms with Crippen LogP contribution in [0.2, 0.25) is 0 Å². The highest BCUT2D eigenvalue weighted by Gasteiger charge is 2.31. The first kappa shape index (κ1) is 27.8. The van der Waals surface area contributed by atoms with Crippen molar-refractivity contribution in [3.05, 3.63) is 47.6 Å². The van der Waals surface area contributed by atoms with Crippen LogP contribution < -0.4 is 10.6 Å². The van der Waals surface area contributed by atoms with Crippen molar-refractivity contribution in [2.45, 2.75) is 96.1 Å². The standard InChI is InChI=1S/C31H51N3O2/c1-4-34(5-2)19-20-36-30-17-13-28(14-18-30)33-31-26-10-8-6-7-9-24(21-26)22-27(23-32-31)25-11-15-29(35-3)16-12-25/h6-10,21,25,27-33H,4-5,11-20,22-23H2,1-3H3. The molecule has 0 saturated heterocycles. The molecule has 5 nitrogen and oxygen atoms in total. The number of nitrogens with one attached hydrogen (secondary N) is 2. The second-order valence-corrected chi connectivity index (χ2v) is 11.2. The number of rotatable bonds is 10. The van der Waals surface area contributed by atoms with Gasteiger partial charge in [-0.25, -0.2) is 0 Å². The highest BCUT2D eigenvalue weighted by atomic mass is 16.5. The van der Waals surface area contributed by atoms with Gasteiger partial charge in [0, 0.05) is 26.2 Å².